The highest BCUT2D eigenvalue weighted by Crippen LogP contribution is 2.28. The number of sulfonamides is 1. The zero-order valence-corrected chi connectivity index (χ0v) is 23.9. The van der Waals surface area contributed by atoms with Crippen LogP contribution in [0.5, 0.6) is 0 Å². The van der Waals surface area contributed by atoms with Crippen molar-refractivity contribution in [3.05, 3.63) is 138 Å². The second-order valence-electron chi connectivity index (χ2n) is 10.2. The molecule has 7 heteroatoms. The lowest BCUT2D eigenvalue weighted by Gasteiger charge is -2.22. The molecule has 2 heterocycles. The molecule has 0 spiro atoms. The van der Waals surface area contributed by atoms with Gasteiger partial charge in [-0.1, -0.05) is 97.1 Å². The molecule has 0 aliphatic heterocycles. The van der Waals surface area contributed by atoms with Gasteiger partial charge in [-0.3, -0.25) is 4.40 Å². The third-order valence-corrected chi connectivity index (χ3v) is 10.2. The van der Waals surface area contributed by atoms with E-state index in [4.69, 9.17) is 4.98 Å². The van der Waals surface area contributed by atoms with Crippen LogP contribution in [-0.4, -0.2) is 28.7 Å². The van der Waals surface area contributed by atoms with Gasteiger partial charge in [-0.05, 0) is 45.3 Å². The fraction of sp³-hybridized carbons (Fsp3) is 0.0882. The smallest absolute Gasteiger partial charge is 0.243 e. The lowest BCUT2D eigenvalue weighted by atomic mass is 10.1. The molecule has 202 valence electrons. The van der Waals surface area contributed by atoms with Crippen molar-refractivity contribution in [2.45, 2.75) is 17.9 Å². The van der Waals surface area contributed by atoms with Gasteiger partial charge in [-0.25, -0.2) is 13.4 Å². The molecule has 2 aromatic heterocycles. The number of benzene rings is 5. The number of hydrogen-bond acceptors (Lipinski definition) is 4. The molecule has 41 heavy (non-hydrogen) atoms. The highest BCUT2D eigenvalue weighted by molar-refractivity contribution is 7.89. The summed E-state index contributed by atoms with van der Waals surface area (Å²) in [5.74, 6) is 0. The number of thiazole rings is 1. The van der Waals surface area contributed by atoms with Crippen molar-refractivity contribution in [2.24, 2.45) is 0 Å². The molecule has 0 radical (unpaired) electrons. The number of rotatable bonds is 8. The van der Waals surface area contributed by atoms with Crippen LogP contribution in [0.25, 0.3) is 37.8 Å². The molecule has 7 rings (SSSR count). The summed E-state index contributed by atoms with van der Waals surface area (Å²) >= 11 is 1.58. The van der Waals surface area contributed by atoms with E-state index >= 15 is 0 Å². The molecule has 0 unspecified atom stereocenters. The predicted octanol–water partition coefficient (Wildman–Crippen LogP) is 7.80. The van der Waals surface area contributed by atoms with E-state index in [-0.39, 0.29) is 0 Å². The molecule has 0 fully saturated rings. The van der Waals surface area contributed by atoms with Gasteiger partial charge in [-0.15, -0.1) is 11.3 Å². The minimum atomic E-state index is -3.74. The molecule has 0 saturated heterocycles. The Labute approximate surface area is 243 Å². The van der Waals surface area contributed by atoms with E-state index in [9.17, 15) is 8.42 Å². The number of fused-ring (bicyclic) bond motifs is 3. The number of aromatic nitrogens is 2. The maximum absolute atomic E-state index is 14.0. The molecule has 0 bridgehead atoms. The van der Waals surface area contributed by atoms with Crippen LogP contribution in [0.15, 0.2) is 132 Å². The number of hydrogen-bond donors (Lipinski definition) is 0. The Hall–Kier alpha value is -4.30. The molecule has 5 nitrogen and oxygen atoms in total. The van der Waals surface area contributed by atoms with E-state index in [0.29, 0.717) is 24.4 Å². The van der Waals surface area contributed by atoms with Crippen molar-refractivity contribution in [2.75, 3.05) is 6.54 Å². The summed E-state index contributed by atoms with van der Waals surface area (Å²) < 4.78 is 31.7. The van der Waals surface area contributed by atoms with Gasteiger partial charge in [0.15, 0.2) is 4.96 Å². The van der Waals surface area contributed by atoms with Crippen molar-refractivity contribution < 1.29 is 8.42 Å². The Kier molecular flexibility index (Phi) is 6.63. The van der Waals surface area contributed by atoms with Gasteiger partial charge in [0.1, 0.15) is 0 Å². The summed E-state index contributed by atoms with van der Waals surface area (Å²) in [6.45, 7) is 0.648. The fourth-order valence-corrected chi connectivity index (χ4v) is 7.66. The normalized spacial score (nSPS) is 12.1. The largest absolute Gasteiger partial charge is 0.294 e. The first-order valence-corrected chi connectivity index (χ1v) is 15.8. The van der Waals surface area contributed by atoms with Gasteiger partial charge < -0.3 is 0 Å². The molecule has 0 atom stereocenters. The standard InChI is InChI=1S/C34H27N3O2S2/c38-41(39,32-17-16-27-11-5-7-13-29(27)21-32)36(22-25-8-2-1-3-9-25)19-18-31-24-40-34-35-33(23-37(31)34)30-15-14-26-10-4-6-12-28(26)20-30/h1-17,20-21,23-24H,18-19,22H2. The van der Waals surface area contributed by atoms with E-state index in [1.807, 2.05) is 72.8 Å². The average molecular weight is 574 g/mol. The van der Waals surface area contributed by atoms with Crippen molar-refractivity contribution in [1.82, 2.24) is 13.7 Å². The van der Waals surface area contributed by atoms with Crippen LogP contribution in [0, 0.1) is 0 Å². The molecule has 0 amide bonds. The van der Waals surface area contributed by atoms with Crippen LogP contribution >= 0.6 is 11.3 Å². The Morgan fingerprint density at radius 2 is 1.39 bits per heavy atom. The summed E-state index contributed by atoms with van der Waals surface area (Å²) in [7, 11) is -3.74. The van der Waals surface area contributed by atoms with Crippen LogP contribution in [0.2, 0.25) is 0 Å². The highest BCUT2D eigenvalue weighted by Gasteiger charge is 2.25. The van der Waals surface area contributed by atoms with E-state index in [0.717, 1.165) is 38.2 Å². The molecular formula is C34H27N3O2S2. The first-order chi connectivity index (χ1) is 20.0. The summed E-state index contributed by atoms with van der Waals surface area (Å²) in [4.78, 5) is 6.09. The minimum Gasteiger partial charge on any atom is -0.294 e. The van der Waals surface area contributed by atoms with Crippen molar-refractivity contribution in [3.8, 4) is 11.3 Å². The van der Waals surface area contributed by atoms with Gasteiger partial charge in [0.05, 0.1) is 10.6 Å². The molecule has 0 saturated carbocycles. The summed E-state index contributed by atoms with van der Waals surface area (Å²) in [5, 5.41) is 6.38. The van der Waals surface area contributed by atoms with E-state index in [1.165, 1.54) is 10.8 Å². The summed E-state index contributed by atoms with van der Waals surface area (Å²) in [6.07, 6.45) is 2.62. The Morgan fingerprint density at radius 1 is 0.732 bits per heavy atom. The SMILES string of the molecule is O=S(=O)(c1ccc2ccccc2c1)N(CCc1csc2nc(-c3ccc4ccccc4c3)cn12)Cc1ccccc1. The maximum atomic E-state index is 14.0. The fourth-order valence-electron chi connectivity index (χ4n) is 5.28. The van der Waals surface area contributed by atoms with E-state index in [2.05, 4.69) is 46.3 Å². The van der Waals surface area contributed by atoms with Crippen LogP contribution in [0.4, 0.5) is 0 Å². The average Bonchev–Trinajstić information content (AvgIpc) is 3.61. The zero-order valence-electron chi connectivity index (χ0n) is 22.2. The molecular weight excluding hydrogens is 547 g/mol. The number of nitrogens with zero attached hydrogens (tertiary/aromatic N) is 3. The zero-order chi connectivity index (χ0) is 27.8. The van der Waals surface area contributed by atoms with E-state index in [1.54, 1.807) is 27.8 Å². The van der Waals surface area contributed by atoms with Gasteiger partial charge in [0.25, 0.3) is 0 Å². The van der Waals surface area contributed by atoms with Crippen LogP contribution in [-0.2, 0) is 23.0 Å². The van der Waals surface area contributed by atoms with Gasteiger partial charge >= 0.3 is 0 Å². The van der Waals surface area contributed by atoms with Crippen molar-refractivity contribution in [1.29, 1.82) is 0 Å². The van der Waals surface area contributed by atoms with Gasteiger partial charge in [0, 0.05) is 42.3 Å². The van der Waals surface area contributed by atoms with Gasteiger partial charge in [0.2, 0.25) is 10.0 Å². The Bertz CT molecular complexity index is 2110. The quantitative estimate of drug-likeness (QED) is 0.186. The molecule has 5 aromatic carbocycles. The first-order valence-electron chi connectivity index (χ1n) is 13.5. The second-order valence-corrected chi connectivity index (χ2v) is 12.9. The number of imidazole rings is 1. The predicted molar refractivity (Wildman–Crippen MR) is 168 cm³/mol. The lowest BCUT2D eigenvalue weighted by molar-refractivity contribution is 0.408. The third-order valence-electron chi connectivity index (χ3n) is 7.51. The van der Waals surface area contributed by atoms with Crippen molar-refractivity contribution in [3.63, 3.8) is 0 Å². The molecule has 7 aromatic rings. The second kappa shape index (κ2) is 10.6. The lowest BCUT2D eigenvalue weighted by Crippen LogP contribution is -2.32. The third kappa shape index (κ3) is 5.04. The molecule has 0 N–H and O–H groups in total. The Balaban J connectivity index is 1.19. The van der Waals surface area contributed by atoms with Gasteiger partial charge in [-0.2, -0.15) is 4.31 Å². The minimum absolute atomic E-state index is 0.301. The molecule has 0 aliphatic carbocycles. The monoisotopic (exact) mass is 573 g/mol. The first kappa shape index (κ1) is 25.7. The van der Waals surface area contributed by atoms with Crippen LogP contribution in [0.1, 0.15) is 11.3 Å². The van der Waals surface area contributed by atoms with Crippen molar-refractivity contribution >= 4 is 47.9 Å². The maximum Gasteiger partial charge on any atom is 0.243 e. The van der Waals surface area contributed by atoms with Crippen LogP contribution in [0.3, 0.4) is 0 Å². The summed E-state index contributed by atoms with van der Waals surface area (Å²) in [6, 6.07) is 37.7. The molecule has 0 aliphatic rings. The van der Waals surface area contributed by atoms with Crippen LogP contribution < -0.4 is 0 Å². The topological polar surface area (TPSA) is 54.7 Å². The summed E-state index contributed by atoms with van der Waals surface area (Å²) in [5.41, 5.74) is 3.97. The van der Waals surface area contributed by atoms with E-state index < -0.39 is 10.0 Å². The highest BCUT2D eigenvalue weighted by atomic mass is 32.2. The Morgan fingerprint density at radius 3 is 2.15 bits per heavy atom.